The van der Waals surface area contributed by atoms with E-state index in [0.29, 0.717) is 39.9 Å². The second-order valence-electron chi connectivity index (χ2n) is 5.83. The molecule has 0 bridgehead atoms. The fourth-order valence-electron chi connectivity index (χ4n) is 2.81. The average molecular weight is 350 g/mol. The molecule has 130 valence electrons. The van der Waals surface area contributed by atoms with Gasteiger partial charge in [-0.25, -0.2) is 4.98 Å². The van der Waals surface area contributed by atoms with Crippen LogP contribution >= 0.6 is 0 Å². The number of hydrogen-bond acceptors (Lipinski definition) is 7. The van der Waals surface area contributed by atoms with Crippen LogP contribution in [0.15, 0.2) is 36.4 Å². The van der Waals surface area contributed by atoms with Crippen molar-refractivity contribution >= 4 is 28.4 Å². The Morgan fingerprint density at radius 2 is 1.88 bits per heavy atom. The minimum absolute atomic E-state index is 0.0908. The molecule has 9 nitrogen and oxygen atoms in total. The van der Waals surface area contributed by atoms with Gasteiger partial charge in [-0.2, -0.15) is 9.50 Å². The number of carbonyl (C=O) groups is 1. The van der Waals surface area contributed by atoms with E-state index in [0.717, 1.165) is 0 Å². The lowest BCUT2D eigenvalue weighted by molar-refractivity contribution is 0.100. The SMILES string of the molecule is NC(=O)c1ccc2c(c1)nc(Cc1ccc(O)c(O)c1)n1nc(N)nc21. The third-order valence-corrected chi connectivity index (χ3v) is 4.04. The highest BCUT2D eigenvalue weighted by Gasteiger charge is 2.15. The standard InChI is InChI=1S/C17H14N6O3/c18-15(26)9-2-3-10-11(7-9)20-14(23-16(10)21-17(19)22-23)6-8-1-4-12(24)13(25)5-8/h1-5,7,24-25H,6H2,(H2,18,26)(H2,19,22). The van der Waals surface area contributed by atoms with Gasteiger partial charge in [0.15, 0.2) is 17.1 Å². The van der Waals surface area contributed by atoms with Crippen molar-refractivity contribution in [3.8, 4) is 11.5 Å². The molecule has 0 spiro atoms. The zero-order chi connectivity index (χ0) is 18.4. The lowest BCUT2D eigenvalue weighted by Gasteiger charge is -2.08. The van der Waals surface area contributed by atoms with Crippen LogP contribution < -0.4 is 11.5 Å². The van der Waals surface area contributed by atoms with Crippen molar-refractivity contribution < 1.29 is 15.0 Å². The van der Waals surface area contributed by atoms with E-state index in [-0.39, 0.29) is 17.4 Å². The van der Waals surface area contributed by atoms with Gasteiger partial charge >= 0.3 is 0 Å². The number of amides is 1. The van der Waals surface area contributed by atoms with Crippen molar-refractivity contribution in [3.63, 3.8) is 0 Å². The summed E-state index contributed by atoms with van der Waals surface area (Å²) in [4.78, 5) is 20.2. The van der Waals surface area contributed by atoms with Gasteiger partial charge in [0.25, 0.3) is 0 Å². The molecule has 4 rings (SSSR count). The monoisotopic (exact) mass is 350 g/mol. The lowest BCUT2D eigenvalue weighted by atomic mass is 10.1. The topological polar surface area (TPSA) is 153 Å². The zero-order valence-corrected chi connectivity index (χ0v) is 13.4. The molecule has 0 aliphatic rings. The number of carbonyl (C=O) groups excluding carboxylic acids is 1. The maximum absolute atomic E-state index is 11.4. The molecule has 9 heteroatoms. The van der Waals surface area contributed by atoms with E-state index in [2.05, 4.69) is 15.1 Å². The Bertz CT molecular complexity index is 1180. The molecule has 0 unspecified atom stereocenters. The molecule has 2 aromatic heterocycles. The predicted molar refractivity (Wildman–Crippen MR) is 93.8 cm³/mol. The third-order valence-electron chi connectivity index (χ3n) is 4.04. The predicted octanol–water partition coefficient (Wildman–Crippen LogP) is 0.961. The van der Waals surface area contributed by atoms with E-state index >= 15 is 0 Å². The summed E-state index contributed by atoms with van der Waals surface area (Å²) in [7, 11) is 0. The maximum Gasteiger partial charge on any atom is 0.248 e. The van der Waals surface area contributed by atoms with Crippen LogP contribution in [0, 0.1) is 0 Å². The molecule has 6 N–H and O–H groups in total. The lowest BCUT2D eigenvalue weighted by Crippen LogP contribution is -2.11. The fraction of sp³-hybridized carbons (Fsp3) is 0.0588. The van der Waals surface area contributed by atoms with Gasteiger partial charge in [0.1, 0.15) is 5.82 Å². The normalized spacial score (nSPS) is 11.2. The van der Waals surface area contributed by atoms with E-state index in [1.807, 2.05) is 0 Å². The molecule has 0 saturated carbocycles. The Kier molecular flexibility index (Phi) is 3.36. The smallest absolute Gasteiger partial charge is 0.248 e. The van der Waals surface area contributed by atoms with Gasteiger partial charge in [0.2, 0.25) is 11.9 Å². The van der Waals surface area contributed by atoms with E-state index < -0.39 is 5.91 Å². The first-order chi connectivity index (χ1) is 12.4. The van der Waals surface area contributed by atoms with Gasteiger partial charge in [0, 0.05) is 17.4 Å². The fourth-order valence-corrected chi connectivity index (χ4v) is 2.81. The number of benzene rings is 2. The number of nitrogens with zero attached hydrogens (tertiary/aromatic N) is 4. The van der Waals surface area contributed by atoms with Crippen molar-refractivity contribution in [2.75, 3.05) is 5.73 Å². The Hall–Kier alpha value is -3.88. The Balaban J connectivity index is 1.93. The highest BCUT2D eigenvalue weighted by atomic mass is 16.3. The molecule has 0 aliphatic carbocycles. The summed E-state index contributed by atoms with van der Waals surface area (Å²) >= 11 is 0. The highest BCUT2D eigenvalue weighted by molar-refractivity contribution is 5.99. The van der Waals surface area contributed by atoms with Crippen LogP contribution in [0.3, 0.4) is 0 Å². The second kappa shape index (κ2) is 5.59. The first-order valence-corrected chi connectivity index (χ1v) is 7.68. The molecule has 2 heterocycles. The number of hydrogen-bond donors (Lipinski definition) is 4. The summed E-state index contributed by atoms with van der Waals surface area (Å²) < 4.78 is 1.52. The molecular weight excluding hydrogens is 336 g/mol. The number of nitrogen functional groups attached to an aromatic ring is 1. The summed E-state index contributed by atoms with van der Waals surface area (Å²) in [5.41, 5.74) is 13.2. The van der Waals surface area contributed by atoms with Gasteiger partial charge in [-0.3, -0.25) is 4.79 Å². The molecule has 0 aliphatic heterocycles. The number of phenolic OH excluding ortho intramolecular Hbond substituents is 2. The molecular formula is C17H14N6O3. The van der Waals surface area contributed by atoms with Crippen molar-refractivity contribution in [1.29, 1.82) is 0 Å². The number of phenols is 2. The summed E-state index contributed by atoms with van der Waals surface area (Å²) in [6.45, 7) is 0. The third kappa shape index (κ3) is 2.51. The Morgan fingerprint density at radius 3 is 2.62 bits per heavy atom. The number of nitrogens with two attached hydrogens (primary N) is 2. The van der Waals surface area contributed by atoms with E-state index in [1.165, 1.54) is 16.6 Å². The average Bonchev–Trinajstić information content (AvgIpc) is 2.99. The van der Waals surface area contributed by atoms with Crippen LogP contribution in [0.5, 0.6) is 11.5 Å². The summed E-state index contributed by atoms with van der Waals surface area (Å²) in [5, 5.41) is 24.0. The zero-order valence-electron chi connectivity index (χ0n) is 13.4. The van der Waals surface area contributed by atoms with Crippen LogP contribution in [0.25, 0.3) is 16.6 Å². The first-order valence-electron chi connectivity index (χ1n) is 7.68. The quantitative estimate of drug-likeness (QED) is 0.401. The number of anilines is 1. The number of primary amides is 1. The van der Waals surface area contributed by atoms with Crippen molar-refractivity contribution in [1.82, 2.24) is 19.6 Å². The van der Waals surface area contributed by atoms with Gasteiger partial charge < -0.3 is 21.7 Å². The van der Waals surface area contributed by atoms with Gasteiger partial charge in [-0.15, -0.1) is 5.10 Å². The molecule has 26 heavy (non-hydrogen) atoms. The molecule has 0 fully saturated rings. The van der Waals surface area contributed by atoms with Crippen molar-refractivity contribution in [2.24, 2.45) is 5.73 Å². The van der Waals surface area contributed by atoms with Gasteiger partial charge in [-0.1, -0.05) is 6.07 Å². The molecule has 1 amide bonds. The van der Waals surface area contributed by atoms with Crippen LogP contribution in [0.4, 0.5) is 5.95 Å². The molecule has 4 aromatic rings. The first kappa shape index (κ1) is 15.6. The van der Waals surface area contributed by atoms with Crippen LogP contribution in [-0.4, -0.2) is 35.7 Å². The maximum atomic E-state index is 11.4. The minimum Gasteiger partial charge on any atom is -0.504 e. The van der Waals surface area contributed by atoms with Gasteiger partial charge in [-0.05, 0) is 35.9 Å². The Labute approximate surface area is 146 Å². The highest BCUT2D eigenvalue weighted by Crippen LogP contribution is 2.27. The number of rotatable bonds is 3. The van der Waals surface area contributed by atoms with Crippen LogP contribution in [0.2, 0.25) is 0 Å². The summed E-state index contributed by atoms with van der Waals surface area (Å²) in [6.07, 6.45) is 0.296. The Morgan fingerprint density at radius 1 is 1.08 bits per heavy atom. The summed E-state index contributed by atoms with van der Waals surface area (Å²) in [6, 6.07) is 9.36. The van der Waals surface area contributed by atoms with Gasteiger partial charge in [0.05, 0.1) is 5.52 Å². The van der Waals surface area contributed by atoms with E-state index in [1.54, 1.807) is 24.3 Å². The van der Waals surface area contributed by atoms with Crippen molar-refractivity contribution in [3.05, 3.63) is 53.3 Å². The largest absolute Gasteiger partial charge is 0.504 e. The van der Waals surface area contributed by atoms with Crippen LogP contribution in [-0.2, 0) is 6.42 Å². The molecule has 0 saturated heterocycles. The van der Waals surface area contributed by atoms with E-state index in [9.17, 15) is 15.0 Å². The van der Waals surface area contributed by atoms with E-state index in [4.69, 9.17) is 11.5 Å². The number of fused-ring (bicyclic) bond motifs is 3. The minimum atomic E-state index is -0.556. The number of aromatic hydroxyl groups is 2. The molecule has 0 atom stereocenters. The molecule has 2 aromatic carbocycles. The van der Waals surface area contributed by atoms with Crippen molar-refractivity contribution in [2.45, 2.75) is 6.42 Å². The second-order valence-corrected chi connectivity index (χ2v) is 5.83. The molecule has 0 radical (unpaired) electrons. The summed E-state index contributed by atoms with van der Waals surface area (Å²) in [5.74, 6) is -0.397. The van der Waals surface area contributed by atoms with Crippen LogP contribution in [0.1, 0.15) is 21.7 Å². The number of aromatic nitrogens is 4.